The van der Waals surface area contributed by atoms with Crippen molar-refractivity contribution < 1.29 is 14.3 Å². The molecule has 122 valence electrons. The molecule has 5 heteroatoms. The number of hydrogen-bond acceptors (Lipinski definition) is 3. The molecule has 1 aromatic carbocycles. The smallest absolute Gasteiger partial charge is 0.227 e. The highest BCUT2D eigenvalue weighted by Crippen LogP contribution is 2.19. The predicted molar refractivity (Wildman–Crippen MR) is 84.3 cm³/mol. The maximum atomic E-state index is 13.3. The zero-order valence-corrected chi connectivity index (χ0v) is 13.6. The van der Waals surface area contributed by atoms with Crippen LogP contribution in [0.3, 0.4) is 0 Å². The first kappa shape index (κ1) is 16.7. The van der Waals surface area contributed by atoms with Crippen molar-refractivity contribution in [3.05, 3.63) is 29.6 Å². The van der Waals surface area contributed by atoms with Gasteiger partial charge in [-0.1, -0.05) is 13.0 Å². The molecule has 2 rings (SSSR count). The van der Waals surface area contributed by atoms with Gasteiger partial charge in [0.25, 0.3) is 0 Å². The Labute approximate surface area is 131 Å². The maximum Gasteiger partial charge on any atom is 0.227 e. The van der Waals surface area contributed by atoms with Crippen molar-refractivity contribution in [2.45, 2.75) is 45.7 Å². The van der Waals surface area contributed by atoms with Crippen LogP contribution >= 0.6 is 0 Å². The summed E-state index contributed by atoms with van der Waals surface area (Å²) in [6, 6.07) is 4.98. The average molecular weight is 308 g/mol. The quantitative estimate of drug-likeness (QED) is 0.929. The van der Waals surface area contributed by atoms with E-state index in [-0.39, 0.29) is 18.1 Å². The number of amides is 1. The molecule has 22 heavy (non-hydrogen) atoms. The highest BCUT2D eigenvalue weighted by Gasteiger charge is 2.29. The van der Waals surface area contributed by atoms with Gasteiger partial charge in [-0.3, -0.25) is 9.69 Å². The number of aromatic hydroxyl groups is 1. The number of rotatable bonds is 4. The van der Waals surface area contributed by atoms with E-state index in [1.54, 1.807) is 6.07 Å². The molecule has 1 aliphatic rings. The van der Waals surface area contributed by atoms with Crippen LogP contribution in [0.25, 0.3) is 0 Å². The van der Waals surface area contributed by atoms with Crippen LogP contribution in [-0.2, 0) is 11.2 Å². The molecule has 0 aromatic heterocycles. The molecule has 1 saturated heterocycles. The lowest BCUT2D eigenvalue weighted by Gasteiger charge is -2.43. The van der Waals surface area contributed by atoms with Gasteiger partial charge in [0, 0.05) is 31.7 Å². The summed E-state index contributed by atoms with van der Waals surface area (Å²) in [6.07, 6.45) is 1.19. The van der Waals surface area contributed by atoms with Crippen LogP contribution in [0.2, 0.25) is 0 Å². The monoisotopic (exact) mass is 308 g/mol. The summed E-state index contributed by atoms with van der Waals surface area (Å²) in [6.45, 7) is 8.83. The van der Waals surface area contributed by atoms with Gasteiger partial charge in [0.2, 0.25) is 5.91 Å². The number of carbonyl (C=O) groups excluding carboxylic acids is 1. The summed E-state index contributed by atoms with van der Waals surface area (Å²) < 4.78 is 13.3. The molecule has 1 unspecified atom stereocenters. The maximum absolute atomic E-state index is 13.3. The third-order valence-electron chi connectivity index (χ3n) is 4.38. The van der Waals surface area contributed by atoms with Crippen LogP contribution in [-0.4, -0.2) is 52.5 Å². The molecule has 0 aliphatic carbocycles. The summed E-state index contributed by atoms with van der Waals surface area (Å²) in [4.78, 5) is 16.7. The standard InChI is InChI=1S/C17H25FN2O2/c1-4-14-11-19(7-8-20(14)12(2)3)17(22)10-13-5-6-16(21)15(18)9-13/h5-6,9,12,14,21H,4,7-8,10-11H2,1-3H3. The van der Waals surface area contributed by atoms with E-state index in [4.69, 9.17) is 0 Å². The highest BCUT2D eigenvalue weighted by atomic mass is 19.1. The number of carbonyl (C=O) groups is 1. The minimum absolute atomic E-state index is 0.0203. The van der Waals surface area contributed by atoms with Gasteiger partial charge >= 0.3 is 0 Å². The molecule has 0 radical (unpaired) electrons. The number of piperazine rings is 1. The summed E-state index contributed by atoms with van der Waals surface area (Å²) >= 11 is 0. The summed E-state index contributed by atoms with van der Waals surface area (Å²) in [5, 5.41) is 9.20. The molecule has 1 fully saturated rings. The first-order valence-electron chi connectivity index (χ1n) is 7.93. The zero-order chi connectivity index (χ0) is 16.3. The minimum Gasteiger partial charge on any atom is -0.505 e. The van der Waals surface area contributed by atoms with Crippen LogP contribution in [0.5, 0.6) is 5.75 Å². The molecule has 1 atom stereocenters. The third-order valence-corrected chi connectivity index (χ3v) is 4.38. The van der Waals surface area contributed by atoms with E-state index in [0.29, 0.717) is 24.2 Å². The van der Waals surface area contributed by atoms with Crippen LogP contribution in [0.15, 0.2) is 18.2 Å². The number of phenolic OH excluding ortho intramolecular Hbond substituents is 1. The number of nitrogens with zero attached hydrogens (tertiary/aromatic N) is 2. The highest BCUT2D eigenvalue weighted by molar-refractivity contribution is 5.79. The predicted octanol–water partition coefficient (Wildman–Crippen LogP) is 2.41. The first-order chi connectivity index (χ1) is 10.4. The molecule has 1 aliphatic heterocycles. The molecular weight excluding hydrogens is 283 g/mol. The van der Waals surface area contributed by atoms with Crippen LogP contribution in [0.4, 0.5) is 4.39 Å². The van der Waals surface area contributed by atoms with Crippen molar-refractivity contribution in [2.75, 3.05) is 19.6 Å². The topological polar surface area (TPSA) is 43.8 Å². The molecule has 1 heterocycles. The zero-order valence-electron chi connectivity index (χ0n) is 13.6. The van der Waals surface area contributed by atoms with Crippen molar-refractivity contribution in [1.29, 1.82) is 0 Å². The van der Waals surface area contributed by atoms with E-state index in [1.807, 2.05) is 4.90 Å². The fourth-order valence-electron chi connectivity index (χ4n) is 3.09. The fourth-order valence-corrected chi connectivity index (χ4v) is 3.09. The molecule has 1 amide bonds. The van der Waals surface area contributed by atoms with E-state index in [1.165, 1.54) is 12.1 Å². The summed E-state index contributed by atoms with van der Waals surface area (Å²) in [5.74, 6) is -1.04. The van der Waals surface area contributed by atoms with Gasteiger partial charge in [0.05, 0.1) is 6.42 Å². The van der Waals surface area contributed by atoms with E-state index in [0.717, 1.165) is 19.5 Å². The van der Waals surface area contributed by atoms with Gasteiger partial charge in [-0.05, 0) is 38.0 Å². The lowest BCUT2D eigenvalue weighted by molar-refractivity contribution is -0.134. The number of benzene rings is 1. The van der Waals surface area contributed by atoms with Crippen molar-refractivity contribution in [1.82, 2.24) is 9.80 Å². The normalized spacial score (nSPS) is 19.7. The molecule has 0 spiro atoms. The van der Waals surface area contributed by atoms with Crippen molar-refractivity contribution in [3.63, 3.8) is 0 Å². The second kappa shape index (κ2) is 7.09. The Bertz CT molecular complexity index is 533. The molecule has 0 bridgehead atoms. The first-order valence-corrected chi connectivity index (χ1v) is 7.93. The summed E-state index contributed by atoms with van der Waals surface area (Å²) in [5.41, 5.74) is 0.597. The van der Waals surface area contributed by atoms with Crippen LogP contribution in [0, 0.1) is 5.82 Å². The second-order valence-electron chi connectivity index (χ2n) is 6.20. The Hall–Kier alpha value is -1.62. The van der Waals surface area contributed by atoms with E-state index < -0.39 is 5.82 Å². The van der Waals surface area contributed by atoms with E-state index in [9.17, 15) is 14.3 Å². The number of phenols is 1. The van der Waals surface area contributed by atoms with Crippen LogP contribution < -0.4 is 0 Å². The molecule has 4 nitrogen and oxygen atoms in total. The Kier molecular flexibility index (Phi) is 5.40. The lowest BCUT2D eigenvalue weighted by Crippen LogP contribution is -2.56. The van der Waals surface area contributed by atoms with E-state index >= 15 is 0 Å². The SMILES string of the molecule is CCC1CN(C(=O)Cc2ccc(O)c(F)c2)CCN1C(C)C. The average Bonchev–Trinajstić information content (AvgIpc) is 2.50. The molecule has 0 saturated carbocycles. The van der Waals surface area contributed by atoms with Gasteiger partial charge in [0.15, 0.2) is 11.6 Å². The summed E-state index contributed by atoms with van der Waals surface area (Å²) in [7, 11) is 0. The van der Waals surface area contributed by atoms with Crippen molar-refractivity contribution >= 4 is 5.91 Å². The van der Waals surface area contributed by atoms with Crippen molar-refractivity contribution in [3.8, 4) is 5.75 Å². The third kappa shape index (κ3) is 3.77. The Balaban J connectivity index is 1.99. The molecular formula is C17H25FN2O2. The largest absolute Gasteiger partial charge is 0.505 e. The Morgan fingerprint density at radius 2 is 2.14 bits per heavy atom. The van der Waals surface area contributed by atoms with Crippen molar-refractivity contribution in [2.24, 2.45) is 0 Å². The van der Waals surface area contributed by atoms with Gasteiger partial charge in [-0.2, -0.15) is 0 Å². The Morgan fingerprint density at radius 1 is 1.41 bits per heavy atom. The van der Waals surface area contributed by atoms with Crippen LogP contribution in [0.1, 0.15) is 32.8 Å². The minimum atomic E-state index is -0.679. The molecule has 1 aromatic rings. The second-order valence-corrected chi connectivity index (χ2v) is 6.20. The number of hydrogen-bond donors (Lipinski definition) is 1. The Morgan fingerprint density at radius 3 is 2.73 bits per heavy atom. The fraction of sp³-hybridized carbons (Fsp3) is 0.588. The van der Waals surface area contributed by atoms with Gasteiger partial charge in [-0.15, -0.1) is 0 Å². The number of halogens is 1. The van der Waals surface area contributed by atoms with E-state index in [2.05, 4.69) is 25.7 Å². The molecule has 1 N–H and O–H groups in total. The van der Waals surface area contributed by atoms with Gasteiger partial charge in [0.1, 0.15) is 0 Å². The van der Waals surface area contributed by atoms with Gasteiger partial charge in [-0.25, -0.2) is 4.39 Å². The van der Waals surface area contributed by atoms with Gasteiger partial charge < -0.3 is 10.0 Å². The lowest BCUT2D eigenvalue weighted by atomic mass is 10.1.